The molecule has 0 radical (unpaired) electrons. The van der Waals surface area contributed by atoms with Crippen LogP contribution in [-0.2, 0) is 25.4 Å². The molecule has 142 valence electrons. The minimum Gasteiger partial charge on any atom is -0.399 e. The van der Waals surface area contributed by atoms with Gasteiger partial charge in [0, 0.05) is 25.7 Å². The first-order valence-corrected chi connectivity index (χ1v) is 9.50. The van der Waals surface area contributed by atoms with Crippen molar-refractivity contribution in [3.63, 3.8) is 0 Å². The maximum Gasteiger partial charge on any atom is 0.494 e. The first kappa shape index (κ1) is 19.4. The zero-order valence-corrected chi connectivity index (χ0v) is 16.6. The Morgan fingerprint density at radius 2 is 1.77 bits per heavy atom. The third-order valence-electron chi connectivity index (χ3n) is 5.94. The van der Waals surface area contributed by atoms with Gasteiger partial charge in [0.15, 0.2) is 0 Å². The average Bonchev–Trinajstić information content (AvgIpc) is 2.82. The van der Waals surface area contributed by atoms with Crippen LogP contribution in [0.1, 0.15) is 51.7 Å². The second kappa shape index (κ2) is 7.33. The van der Waals surface area contributed by atoms with Gasteiger partial charge in [-0.05, 0) is 64.1 Å². The fourth-order valence-electron chi connectivity index (χ4n) is 3.33. The Hall–Kier alpha value is -1.37. The SMILES string of the molecule is Cc1cc(B2OC(C)(C)C(C)(C)O2)ccc1CNC(=O)C1CCOCC1. The summed E-state index contributed by atoms with van der Waals surface area (Å²) in [5, 5.41) is 3.07. The highest BCUT2D eigenvalue weighted by molar-refractivity contribution is 6.62. The Labute approximate surface area is 156 Å². The van der Waals surface area contributed by atoms with Crippen molar-refractivity contribution in [1.82, 2.24) is 5.32 Å². The minimum absolute atomic E-state index is 0.0769. The smallest absolute Gasteiger partial charge is 0.399 e. The van der Waals surface area contributed by atoms with Crippen molar-refractivity contribution in [3.8, 4) is 0 Å². The molecule has 0 spiro atoms. The molecule has 0 aliphatic carbocycles. The molecule has 0 bridgehead atoms. The van der Waals surface area contributed by atoms with Crippen LogP contribution in [0, 0.1) is 12.8 Å². The molecule has 0 saturated carbocycles. The Bertz CT molecular complexity index is 652. The molecule has 1 aromatic carbocycles. The summed E-state index contributed by atoms with van der Waals surface area (Å²) in [5.41, 5.74) is 2.57. The van der Waals surface area contributed by atoms with Gasteiger partial charge in [0.2, 0.25) is 5.91 Å². The van der Waals surface area contributed by atoms with E-state index in [0.717, 1.165) is 29.4 Å². The monoisotopic (exact) mass is 359 g/mol. The maximum absolute atomic E-state index is 12.3. The first-order chi connectivity index (χ1) is 12.2. The number of hydrogen-bond donors (Lipinski definition) is 1. The molecule has 2 saturated heterocycles. The standard InChI is InChI=1S/C20H30BNO4/c1-14-12-17(21-25-19(2,3)20(4,5)26-21)7-6-16(14)13-22-18(23)15-8-10-24-11-9-15/h6-7,12,15H,8-11,13H2,1-5H3,(H,22,23). The normalized spacial score (nSPS) is 22.4. The second-order valence-electron chi connectivity index (χ2n) is 8.38. The zero-order chi connectivity index (χ0) is 18.9. The van der Waals surface area contributed by atoms with Crippen LogP contribution in [0.5, 0.6) is 0 Å². The Kier molecular flexibility index (Phi) is 5.47. The fourth-order valence-corrected chi connectivity index (χ4v) is 3.33. The van der Waals surface area contributed by atoms with E-state index in [-0.39, 0.29) is 30.1 Å². The minimum atomic E-state index is -0.357. The summed E-state index contributed by atoms with van der Waals surface area (Å²) in [7, 11) is -0.357. The van der Waals surface area contributed by atoms with Crippen LogP contribution in [0.25, 0.3) is 0 Å². The van der Waals surface area contributed by atoms with E-state index < -0.39 is 0 Å². The zero-order valence-electron chi connectivity index (χ0n) is 16.6. The van der Waals surface area contributed by atoms with Crippen molar-refractivity contribution in [2.75, 3.05) is 13.2 Å². The quantitative estimate of drug-likeness (QED) is 0.839. The molecule has 6 heteroatoms. The lowest BCUT2D eigenvalue weighted by atomic mass is 9.78. The second-order valence-corrected chi connectivity index (χ2v) is 8.38. The molecule has 0 unspecified atom stereocenters. The average molecular weight is 359 g/mol. The lowest BCUT2D eigenvalue weighted by Gasteiger charge is -2.32. The highest BCUT2D eigenvalue weighted by Gasteiger charge is 2.51. The number of hydrogen-bond acceptors (Lipinski definition) is 4. The van der Waals surface area contributed by atoms with Crippen LogP contribution in [-0.4, -0.2) is 37.4 Å². The van der Waals surface area contributed by atoms with Crippen LogP contribution in [0.4, 0.5) is 0 Å². The van der Waals surface area contributed by atoms with Gasteiger partial charge >= 0.3 is 7.12 Å². The van der Waals surface area contributed by atoms with Crippen LogP contribution in [0.2, 0.25) is 0 Å². The summed E-state index contributed by atoms with van der Waals surface area (Å²) >= 11 is 0. The van der Waals surface area contributed by atoms with Gasteiger partial charge in [-0.25, -0.2) is 0 Å². The summed E-state index contributed by atoms with van der Waals surface area (Å²) in [6.45, 7) is 12.2. The van der Waals surface area contributed by atoms with Crippen molar-refractivity contribution in [2.24, 2.45) is 5.92 Å². The summed E-state index contributed by atoms with van der Waals surface area (Å²) < 4.78 is 17.6. The number of carbonyl (C=O) groups excluding carboxylic acids is 1. The van der Waals surface area contributed by atoms with E-state index in [4.69, 9.17) is 14.0 Å². The van der Waals surface area contributed by atoms with Crippen molar-refractivity contribution >= 4 is 18.5 Å². The van der Waals surface area contributed by atoms with E-state index in [1.54, 1.807) is 0 Å². The Balaban J connectivity index is 1.62. The van der Waals surface area contributed by atoms with Crippen molar-refractivity contribution in [1.29, 1.82) is 0 Å². The van der Waals surface area contributed by atoms with E-state index in [2.05, 4.69) is 52.1 Å². The van der Waals surface area contributed by atoms with E-state index >= 15 is 0 Å². The molecule has 1 N–H and O–H groups in total. The van der Waals surface area contributed by atoms with Crippen molar-refractivity contribution < 1.29 is 18.8 Å². The molecular weight excluding hydrogens is 329 g/mol. The summed E-state index contributed by atoms with van der Waals surface area (Å²) in [6, 6.07) is 6.18. The van der Waals surface area contributed by atoms with Gasteiger partial charge in [0.25, 0.3) is 0 Å². The van der Waals surface area contributed by atoms with E-state index in [1.807, 2.05) is 6.07 Å². The number of aryl methyl sites for hydroxylation is 1. The predicted molar refractivity (Wildman–Crippen MR) is 102 cm³/mol. The van der Waals surface area contributed by atoms with Gasteiger partial charge in [0.1, 0.15) is 0 Å². The molecule has 3 rings (SSSR count). The molecule has 2 aliphatic rings. The molecule has 5 nitrogen and oxygen atoms in total. The number of ether oxygens (including phenoxy) is 1. The van der Waals surface area contributed by atoms with Gasteiger partial charge in [-0.2, -0.15) is 0 Å². The van der Waals surface area contributed by atoms with Crippen LogP contribution in [0.3, 0.4) is 0 Å². The van der Waals surface area contributed by atoms with Crippen LogP contribution in [0.15, 0.2) is 18.2 Å². The topological polar surface area (TPSA) is 56.8 Å². The van der Waals surface area contributed by atoms with Gasteiger partial charge < -0.3 is 19.4 Å². The number of benzene rings is 1. The maximum atomic E-state index is 12.3. The summed E-state index contributed by atoms with van der Waals surface area (Å²) in [6.07, 6.45) is 1.62. The highest BCUT2D eigenvalue weighted by atomic mass is 16.7. The van der Waals surface area contributed by atoms with E-state index in [9.17, 15) is 4.79 Å². The summed E-state index contributed by atoms with van der Waals surface area (Å²) in [5.74, 6) is 0.204. The fraction of sp³-hybridized carbons (Fsp3) is 0.650. The molecule has 0 atom stereocenters. The van der Waals surface area contributed by atoms with Crippen LogP contribution < -0.4 is 10.8 Å². The highest BCUT2D eigenvalue weighted by Crippen LogP contribution is 2.36. The van der Waals surface area contributed by atoms with Gasteiger partial charge in [-0.15, -0.1) is 0 Å². The van der Waals surface area contributed by atoms with Gasteiger partial charge in [0.05, 0.1) is 11.2 Å². The van der Waals surface area contributed by atoms with Gasteiger partial charge in [-0.3, -0.25) is 4.79 Å². The number of rotatable bonds is 4. The van der Waals surface area contributed by atoms with Gasteiger partial charge in [-0.1, -0.05) is 18.2 Å². The molecule has 2 fully saturated rings. The lowest BCUT2D eigenvalue weighted by molar-refractivity contribution is -0.128. The molecule has 1 aromatic rings. The lowest BCUT2D eigenvalue weighted by Crippen LogP contribution is -2.41. The predicted octanol–water partition coefficient (Wildman–Crippen LogP) is 2.34. The molecule has 26 heavy (non-hydrogen) atoms. The number of amides is 1. The van der Waals surface area contributed by atoms with Crippen LogP contribution >= 0.6 is 0 Å². The van der Waals surface area contributed by atoms with Crippen molar-refractivity contribution in [2.45, 2.75) is 65.2 Å². The Morgan fingerprint density at radius 3 is 2.35 bits per heavy atom. The Morgan fingerprint density at radius 1 is 1.15 bits per heavy atom. The van der Waals surface area contributed by atoms with Crippen molar-refractivity contribution in [3.05, 3.63) is 29.3 Å². The number of nitrogens with one attached hydrogen (secondary N) is 1. The molecule has 0 aromatic heterocycles. The molecule has 1 amide bonds. The first-order valence-electron chi connectivity index (χ1n) is 9.50. The largest absolute Gasteiger partial charge is 0.494 e. The van der Waals surface area contributed by atoms with E-state index in [0.29, 0.717) is 19.8 Å². The molecule has 2 heterocycles. The third-order valence-corrected chi connectivity index (χ3v) is 5.94. The summed E-state index contributed by atoms with van der Waals surface area (Å²) in [4.78, 5) is 12.3. The molecular formula is C20H30BNO4. The van der Waals surface area contributed by atoms with E-state index in [1.165, 1.54) is 0 Å². The third kappa shape index (κ3) is 3.97. The number of carbonyl (C=O) groups is 1. The molecule has 2 aliphatic heterocycles.